The maximum Gasteiger partial charge on any atom is 0.408 e. The third kappa shape index (κ3) is 11.3. The molecule has 0 aliphatic rings. The lowest BCUT2D eigenvalue weighted by Gasteiger charge is -2.25. The SMILES string of the molecule is CC(C)(C)OC(=O)NC(COC(F)F)C(=O)N[C@@H](CCc1ccccc1)C(=O)OCc1ccccc1. The van der Waals surface area contributed by atoms with Crippen LogP contribution in [0, 0.1) is 0 Å². The Morgan fingerprint density at radius 1 is 0.861 bits per heavy atom. The second-order valence-electron chi connectivity index (χ2n) is 8.97. The molecule has 0 aromatic heterocycles. The molecule has 10 heteroatoms. The van der Waals surface area contributed by atoms with Gasteiger partial charge in [-0.05, 0) is 44.7 Å². The molecule has 1 unspecified atom stereocenters. The quantitative estimate of drug-likeness (QED) is 0.422. The molecule has 0 radical (unpaired) electrons. The van der Waals surface area contributed by atoms with Crippen molar-refractivity contribution in [2.24, 2.45) is 0 Å². The molecule has 2 N–H and O–H groups in total. The molecular weight excluding hydrogens is 474 g/mol. The molecule has 2 aromatic rings. The van der Waals surface area contributed by atoms with Crippen molar-refractivity contribution in [3.8, 4) is 0 Å². The number of amides is 2. The molecule has 0 saturated carbocycles. The molecule has 0 aliphatic heterocycles. The molecule has 196 valence electrons. The van der Waals surface area contributed by atoms with Gasteiger partial charge in [0.05, 0.1) is 6.61 Å². The minimum atomic E-state index is -3.16. The van der Waals surface area contributed by atoms with Crippen molar-refractivity contribution in [1.82, 2.24) is 10.6 Å². The zero-order valence-corrected chi connectivity index (χ0v) is 20.5. The van der Waals surface area contributed by atoms with Gasteiger partial charge in [-0.2, -0.15) is 8.78 Å². The van der Waals surface area contributed by atoms with Gasteiger partial charge in [0.15, 0.2) is 0 Å². The Morgan fingerprint density at radius 3 is 2.00 bits per heavy atom. The van der Waals surface area contributed by atoms with Gasteiger partial charge in [-0.25, -0.2) is 9.59 Å². The number of aryl methyl sites for hydroxylation is 1. The van der Waals surface area contributed by atoms with Gasteiger partial charge in [0.1, 0.15) is 24.3 Å². The number of halogens is 2. The molecule has 2 rings (SSSR count). The van der Waals surface area contributed by atoms with Crippen LogP contribution in [0.4, 0.5) is 13.6 Å². The zero-order chi connectivity index (χ0) is 26.6. The van der Waals surface area contributed by atoms with E-state index in [0.29, 0.717) is 6.42 Å². The Kier molecular flexibility index (Phi) is 11.3. The first-order valence-corrected chi connectivity index (χ1v) is 11.5. The van der Waals surface area contributed by atoms with Gasteiger partial charge >= 0.3 is 18.7 Å². The Morgan fingerprint density at radius 2 is 1.44 bits per heavy atom. The molecule has 36 heavy (non-hydrogen) atoms. The molecule has 0 bridgehead atoms. The Balaban J connectivity index is 2.12. The fraction of sp³-hybridized carbons (Fsp3) is 0.423. The first-order valence-electron chi connectivity index (χ1n) is 11.5. The van der Waals surface area contributed by atoms with Crippen molar-refractivity contribution in [3.63, 3.8) is 0 Å². The highest BCUT2D eigenvalue weighted by molar-refractivity contribution is 5.89. The summed E-state index contributed by atoms with van der Waals surface area (Å²) in [5.74, 6) is -1.59. The van der Waals surface area contributed by atoms with E-state index in [1.165, 1.54) is 0 Å². The van der Waals surface area contributed by atoms with Gasteiger partial charge in [-0.15, -0.1) is 0 Å². The van der Waals surface area contributed by atoms with Crippen LogP contribution in [0.3, 0.4) is 0 Å². The molecule has 0 fully saturated rings. The van der Waals surface area contributed by atoms with Crippen molar-refractivity contribution in [2.45, 2.75) is 64.5 Å². The van der Waals surface area contributed by atoms with Gasteiger partial charge in [0, 0.05) is 0 Å². The van der Waals surface area contributed by atoms with Crippen LogP contribution in [0.15, 0.2) is 60.7 Å². The predicted octanol–water partition coefficient (Wildman–Crippen LogP) is 3.98. The monoisotopic (exact) mass is 506 g/mol. The molecule has 0 heterocycles. The highest BCUT2D eigenvalue weighted by Gasteiger charge is 2.30. The van der Waals surface area contributed by atoms with E-state index in [2.05, 4.69) is 15.4 Å². The molecule has 0 aliphatic carbocycles. The van der Waals surface area contributed by atoms with Crippen LogP contribution >= 0.6 is 0 Å². The van der Waals surface area contributed by atoms with Gasteiger partial charge < -0.3 is 24.8 Å². The van der Waals surface area contributed by atoms with E-state index in [-0.39, 0.29) is 13.0 Å². The molecular formula is C26H32F2N2O6. The van der Waals surface area contributed by atoms with E-state index >= 15 is 0 Å². The first-order chi connectivity index (χ1) is 17.0. The zero-order valence-electron chi connectivity index (χ0n) is 20.5. The van der Waals surface area contributed by atoms with Crippen LogP contribution in [0.1, 0.15) is 38.3 Å². The molecule has 2 atom stereocenters. The van der Waals surface area contributed by atoms with Gasteiger partial charge in [0.2, 0.25) is 5.91 Å². The fourth-order valence-electron chi connectivity index (χ4n) is 3.11. The number of benzene rings is 2. The number of hydrogen-bond donors (Lipinski definition) is 2. The smallest absolute Gasteiger partial charge is 0.408 e. The average Bonchev–Trinajstić information content (AvgIpc) is 2.82. The standard InChI is InChI=1S/C26H32F2N2O6/c1-26(2,3)36-25(33)30-21(17-35-24(27)28)22(31)29-20(15-14-18-10-6-4-7-11-18)23(32)34-16-19-12-8-5-9-13-19/h4-13,20-21,24H,14-17H2,1-3H3,(H,29,31)(H,30,33)/t20-,21?/m0/s1. The largest absolute Gasteiger partial charge is 0.459 e. The van der Waals surface area contributed by atoms with Crippen LogP contribution < -0.4 is 10.6 Å². The summed E-state index contributed by atoms with van der Waals surface area (Å²) in [7, 11) is 0. The minimum absolute atomic E-state index is 0.00847. The van der Waals surface area contributed by atoms with Crippen LogP contribution in [0.2, 0.25) is 0 Å². The lowest BCUT2D eigenvalue weighted by Crippen LogP contribution is -2.54. The summed E-state index contributed by atoms with van der Waals surface area (Å²) >= 11 is 0. The summed E-state index contributed by atoms with van der Waals surface area (Å²) in [6, 6.07) is 15.7. The second-order valence-corrected chi connectivity index (χ2v) is 8.97. The second kappa shape index (κ2) is 14.1. The molecule has 0 saturated heterocycles. The van der Waals surface area contributed by atoms with Crippen molar-refractivity contribution < 1.29 is 37.4 Å². The highest BCUT2D eigenvalue weighted by Crippen LogP contribution is 2.10. The number of rotatable bonds is 12. The number of alkyl carbamates (subject to hydrolysis) is 1. The molecule has 0 spiro atoms. The van der Waals surface area contributed by atoms with Crippen LogP contribution in [-0.2, 0) is 36.8 Å². The van der Waals surface area contributed by atoms with Gasteiger partial charge in [-0.1, -0.05) is 60.7 Å². The topological polar surface area (TPSA) is 103 Å². The summed E-state index contributed by atoms with van der Waals surface area (Å²) in [4.78, 5) is 38.0. The number of alkyl halides is 2. The Bertz CT molecular complexity index is 967. The molecule has 2 aromatic carbocycles. The van der Waals surface area contributed by atoms with E-state index in [1.807, 2.05) is 36.4 Å². The summed E-state index contributed by atoms with van der Waals surface area (Å²) in [5, 5.41) is 4.73. The number of carbonyl (C=O) groups is 3. The third-order valence-electron chi connectivity index (χ3n) is 4.79. The van der Waals surface area contributed by atoms with Crippen molar-refractivity contribution in [3.05, 3.63) is 71.8 Å². The van der Waals surface area contributed by atoms with Crippen molar-refractivity contribution >= 4 is 18.0 Å². The summed E-state index contributed by atoms with van der Waals surface area (Å²) in [5.41, 5.74) is 0.805. The predicted molar refractivity (Wildman–Crippen MR) is 128 cm³/mol. The lowest BCUT2D eigenvalue weighted by molar-refractivity contribution is -0.152. The fourth-order valence-corrected chi connectivity index (χ4v) is 3.11. The molecule has 2 amide bonds. The van der Waals surface area contributed by atoms with E-state index in [0.717, 1.165) is 11.1 Å². The average molecular weight is 507 g/mol. The number of hydrogen-bond acceptors (Lipinski definition) is 6. The van der Waals surface area contributed by atoms with Crippen LogP contribution in [-0.4, -0.2) is 48.9 Å². The summed E-state index contributed by atoms with van der Waals surface area (Å²) in [6.45, 7) is 0.836. The number of carbonyl (C=O) groups excluding carboxylic acids is 3. The normalized spacial score (nSPS) is 12.9. The first kappa shape index (κ1) is 28.7. The number of nitrogens with one attached hydrogen (secondary N) is 2. The Labute approximate surface area is 209 Å². The molecule has 8 nitrogen and oxygen atoms in total. The maximum atomic E-state index is 12.9. The third-order valence-corrected chi connectivity index (χ3v) is 4.79. The summed E-state index contributed by atoms with van der Waals surface area (Å²) < 4.78 is 40.1. The van der Waals surface area contributed by atoms with Gasteiger partial charge in [0.25, 0.3) is 0 Å². The van der Waals surface area contributed by atoms with Crippen LogP contribution in [0.5, 0.6) is 0 Å². The van der Waals surface area contributed by atoms with Gasteiger partial charge in [-0.3, -0.25) is 4.79 Å². The van der Waals surface area contributed by atoms with E-state index in [4.69, 9.17) is 9.47 Å². The van der Waals surface area contributed by atoms with Crippen molar-refractivity contribution in [1.29, 1.82) is 0 Å². The van der Waals surface area contributed by atoms with E-state index < -0.39 is 48.9 Å². The number of esters is 1. The minimum Gasteiger partial charge on any atom is -0.459 e. The number of ether oxygens (including phenoxy) is 3. The Hall–Kier alpha value is -3.53. The summed E-state index contributed by atoms with van der Waals surface area (Å²) in [6.07, 6.45) is -0.379. The highest BCUT2D eigenvalue weighted by atomic mass is 19.3. The lowest BCUT2D eigenvalue weighted by atomic mass is 10.0. The van der Waals surface area contributed by atoms with E-state index in [9.17, 15) is 23.2 Å². The van der Waals surface area contributed by atoms with E-state index in [1.54, 1.807) is 45.0 Å². The maximum absolute atomic E-state index is 12.9. The van der Waals surface area contributed by atoms with Crippen molar-refractivity contribution in [2.75, 3.05) is 6.61 Å². The van der Waals surface area contributed by atoms with Crippen LogP contribution in [0.25, 0.3) is 0 Å².